The van der Waals surface area contributed by atoms with Crippen LogP contribution in [0.3, 0.4) is 0 Å². The van der Waals surface area contributed by atoms with Gasteiger partial charge >= 0.3 is 19.8 Å². The van der Waals surface area contributed by atoms with E-state index in [0.29, 0.717) is 19.3 Å². The van der Waals surface area contributed by atoms with Crippen LogP contribution in [-0.4, -0.2) is 60.5 Å². The van der Waals surface area contributed by atoms with Crippen molar-refractivity contribution in [2.24, 2.45) is 5.73 Å². The van der Waals surface area contributed by atoms with Gasteiger partial charge in [-0.1, -0.05) is 151 Å². The fourth-order valence-electron chi connectivity index (χ4n) is 6.57. The van der Waals surface area contributed by atoms with E-state index in [1.807, 2.05) is 48.6 Å². The molecule has 0 radical (unpaired) electrons. The third-order valence-corrected chi connectivity index (χ3v) is 11.4. The van der Waals surface area contributed by atoms with Gasteiger partial charge in [0.1, 0.15) is 18.1 Å². The van der Waals surface area contributed by atoms with Crippen molar-refractivity contribution in [1.82, 2.24) is 0 Å². The van der Waals surface area contributed by atoms with E-state index in [9.17, 15) is 24.2 Å². The number of nitrogens with two attached hydrogens (primary N) is 1. The molecule has 12 heteroatoms. The molecular weight excluding hydrogens is 818 g/mol. The molecule has 11 nitrogen and oxygen atoms in total. The molecule has 1 aromatic rings. The SMILES string of the molecule is CC/C=C\CC(O)/C=C/C=C/C/C=C\C/C=C\C/C=C\CCC(=O)O[C@H](COC(=O)CCCCCCCCCCCCc1oc(CCCCC)c(C)c1C)COP(=O)(O)OCCN. The van der Waals surface area contributed by atoms with E-state index in [2.05, 4.69) is 45.9 Å². The van der Waals surface area contributed by atoms with Crippen molar-refractivity contribution in [3.8, 4) is 0 Å². The minimum atomic E-state index is -4.42. The molecule has 1 heterocycles. The van der Waals surface area contributed by atoms with Crippen LogP contribution in [0.5, 0.6) is 0 Å². The zero-order chi connectivity index (χ0) is 46.2. The highest BCUT2D eigenvalue weighted by atomic mass is 31.2. The van der Waals surface area contributed by atoms with Gasteiger partial charge in [0.05, 0.1) is 19.3 Å². The van der Waals surface area contributed by atoms with Crippen molar-refractivity contribution in [2.45, 2.75) is 188 Å². The first-order valence-electron chi connectivity index (χ1n) is 23.9. The van der Waals surface area contributed by atoms with Crippen LogP contribution in [0.2, 0.25) is 0 Å². The van der Waals surface area contributed by atoms with Crippen molar-refractivity contribution in [3.05, 3.63) is 95.6 Å². The molecule has 0 aliphatic rings. The lowest BCUT2D eigenvalue weighted by atomic mass is 10.0. The van der Waals surface area contributed by atoms with Gasteiger partial charge in [-0.25, -0.2) is 4.57 Å². The Kier molecular flexibility index (Phi) is 35.8. The lowest BCUT2D eigenvalue weighted by molar-refractivity contribution is -0.161. The number of carbonyl (C=O) groups excluding carboxylic acids is 2. The highest BCUT2D eigenvalue weighted by molar-refractivity contribution is 7.47. The van der Waals surface area contributed by atoms with Crippen molar-refractivity contribution >= 4 is 19.8 Å². The van der Waals surface area contributed by atoms with E-state index in [0.717, 1.165) is 57.8 Å². The van der Waals surface area contributed by atoms with E-state index >= 15 is 0 Å². The van der Waals surface area contributed by atoms with Crippen LogP contribution in [0.1, 0.15) is 171 Å². The summed E-state index contributed by atoms with van der Waals surface area (Å²) in [6.07, 6.45) is 43.8. The number of ether oxygens (including phenoxy) is 2. The van der Waals surface area contributed by atoms with Gasteiger partial charge < -0.3 is 29.6 Å². The monoisotopic (exact) mass is 902 g/mol. The third kappa shape index (κ3) is 32.9. The number of esters is 2. The van der Waals surface area contributed by atoms with Gasteiger partial charge in [-0.05, 0) is 82.8 Å². The molecule has 0 bridgehead atoms. The maximum atomic E-state index is 12.6. The number of aliphatic hydroxyl groups is 1. The van der Waals surface area contributed by atoms with E-state index in [1.54, 1.807) is 6.08 Å². The summed E-state index contributed by atoms with van der Waals surface area (Å²) in [6, 6.07) is 0. The van der Waals surface area contributed by atoms with Gasteiger partial charge in [0.2, 0.25) is 0 Å². The van der Waals surface area contributed by atoms with Crippen LogP contribution in [0.15, 0.2) is 77.3 Å². The van der Waals surface area contributed by atoms with Gasteiger partial charge in [0.15, 0.2) is 6.10 Å². The van der Waals surface area contributed by atoms with Crippen molar-refractivity contribution in [3.63, 3.8) is 0 Å². The van der Waals surface area contributed by atoms with Gasteiger partial charge in [0.25, 0.3) is 0 Å². The second-order valence-electron chi connectivity index (χ2n) is 16.0. The van der Waals surface area contributed by atoms with Gasteiger partial charge in [-0.2, -0.15) is 0 Å². The molecule has 0 saturated carbocycles. The first kappa shape index (κ1) is 57.7. The molecule has 3 atom stereocenters. The lowest BCUT2D eigenvalue weighted by Gasteiger charge is -2.19. The molecule has 0 aliphatic carbocycles. The number of unbranched alkanes of at least 4 members (excludes halogenated alkanes) is 11. The molecule has 0 amide bonds. The Balaban J connectivity index is 2.28. The topological polar surface area (TPSA) is 168 Å². The highest BCUT2D eigenvalue weighted by Gasteiger charge is 2.26. The van der Waals surface area contributed by atoms with Crippen molar-refractivity contribution in [1.29, 1.82) is 0 Å². The number of carbonyl (C=O) groups is 2. The van der Waals surface area contributed by atoms with Crippen LogP contribution in [0.4, 0.5) is 0 Å². The summed E-state index contributed by atoms with van der Waals surface area (Å²) in [6.45, 7) is 7.75. The Morgan fingerprint density at radius 1 is 0.683 bits per heavy atom. The number of aryl methyl sites for hydroxylation is 2. The number of hydrogen-bond donors (Lipinski definition) is 3. The molecule has 63 heavy (non-hydrogen) atoms. The summed E-state index contributed by atoms with van der Waals surface area (Å²) < 4.78 is 39.0. The number of allylic oxidation sites excluding steroid dienone is 10. The predicted octanol–water partition coefficient (Wildman–Crippen LogP) is 12.5. The average molecular weight is 902 g/mol. The smallest absolute Gasteiger partial charge is 0.466 e. The van der Waals surface area contributed by atoms with E-state index in [1.165, 1.54) is 80.4 Å². The molecule has 358 valence electrons. The summed E-state index contributed by atoms with van der Waals surface area (Å²) >= 11 is 0. The standard InChI is InChI=1S/C51H84NO10P/c1-5-7-28-34-46(53)35-30-24-20-16-12-10-9-11-13-19-23-27-33-39-51(55)61-47(43-60-63(56,57)59-41-40-52)42-58-50(54)38-32-26-22-18-15-14-17-21-25-31-37-49-45(4)44(3)48(62-49)36-29-8-6-2/h7,10-13,20,23-24,27-28,30,35,46-47,53H,5-6,8-9,14-19,21-22,25-26,29,31-34,36-43,52H2,1-4H3,(H,56,57)/b12-10-,13-11-,24-20+,27-23-,28-7-,35-30+/t46?,47-/m1/s1. The van der Waals surface area contributed by atoms with E-state index in [-0.39, 0.29) is 32.6 Å². The van der Waals surface area contributed by atoms with Crippen LogP contribution >= 0.6 is 7.82 Å². The maximum Gasteiger partial charge on any atom is 0.472 e. The molecule has 0 aliphatic heterocycles. The molecule has 0 fully saturated rings. The Labute approximate surface area is 380 Å². The Morgan fingerprint density at radius 2 is 1.25 bits per heavy atom. The van der Waals surface area contributed by atoms with Crippen LogP contribution in [0.25, 0.3) is 0 Å². The summed E-state index contributed by atoms with van der Waals surface area (Å²) in [4.78, 5) is 35.0. The fraction of sp³-hybridized carbons (Fsp3) is 0.647. The van der Waals surface area contributed by atoms with E-state index < -0.39 is 38.6 Å². The zero-order valence-corrected chi connectivity index (χ0v) is 40.3. The van der Waals surface area contributed by atoms with E-state index in [4.69, 9.17) is 28.7 Å². The van der Waals surface area contributed by atoms with Gasteiger partial charge in [-0.3, -0.25) is 18.6 Å². The summed E-state index contributed by atoms with van der Waals surface area (Å²) in [5, 5.41) is 9.85. The second-order valence-corrected chi connectivity index (χ2v) is 17.5. The largest absolute Gasteiger partial charge is 0.472 e. The number of phosphoric acid groups is 1. The maximum absolute atomic E-state index is 12.6. The Hall–Kier alpha value is -3.31. The first-order valence-corrected chi connectivity index (χ1v) is 25.4. The predicted molar refractivity (Wildman–Crippen MR) is 256 cm³/mol. The number of furan rings is 1. The fourth-order valence-corrected chi connectivity index (χ4v) is 7.34. The molecule has 0 saturated heterocycles. The normalized spacial score (nSPS) is 14.3. The summed E-state index contributed by atoms with van der Waals surface area (Å²) in [7, 11) is -4.42. The minimum Gasteiger partial charge on any atom is -0.466 e. The minimum absolute atomic E-state index is 0.0270. The summed E-state index contributed by atoms with van der Waals surface area (Å²) in [5.41, 5.74) is 8.03. The molecule has 0 spiro atoms. The quantitative estimate of drug-likeness (QED) is 0.0188. The molecule has 1 aromatic heterocycles. The van der Waals surface area contributed by atoms with Gasteiger partial charge in [0, 0.05) is 32.2 Å². The lowest BCUT2D eigenvalue weighted by Crippen LogP contribution is -2.29. The van der Waals surface area contributed by atoms with Crippen LogP contribution in [-0.2, 0) is 45.5 Å². The van der Waals surface area contributed by atoms with Crippen molar-refractivity contribution in [2.75, 3.05) is 26.4 Å². The molecule has 2 unspecified atom stereocenters. The van der Waals surface area contributed by atoms with Crippen molar-refractivity contribution < 1.29 is 47.1 Å². The molecule has 4 N–H and O–H groups in total. The number of hydrogen-bond acceptors (Lipinski definition) is 10. The Morgan fingerprint density at radius 3 is 1.86 bits per heavy atom. The van der Waals surface area contributed by atoms with Crippen LogP contribution < -0.4 is 5.73 Å². The number of aliphatic hydroxyl groups excluding tert-OH is 1. The average Bonchev–Trinajstić information content (AvgIpc) is 3.53. The summed E-state index contributed by atoms with van der Waals surface area (Å²) in [5.74, 6) is 1.39. The number of phosphoric ester groups is 1. The number of rotatable bonds is 40. The zero-order valence-electron chi connectivity index (χ0n) is 39.4. The highest BCUT2D eigenvalue weighted by Crippen LogP contribution is 2.43. The second kappa shape index (κ2) is 39.1. The van der Waals surface area contributed by atoms with Gasteiger partial charge in [-0.15, -0.1) is 0 Å². The molecule has 1 rings (SSSR count). The Bertz CT molecular complexity index is 1560. The first-order chi connectivity index (χ1) is 30.5. The molecular formula is C51H84NO10P. The van der Waals surface area contributed by atoms with Crippen LogP contribution in [0, 0.1) is 13.8 Å². The molecule has 0 aromatic carbocycles. The third-order valence-electron chi connectivity index (χ3n) is 10.4.